The van der Waals surface area contributed by atoms with Crippen molar-refractivity contribution in [1.29, 1.82) is 10.5 Å². The number of carbonyl (C=O) groups excluding carboxylic acids is 2. The molecule has 11 nitrogen and oxygen atoms in total. The van der Waals surface area contributed by atoms with Crippen LogP contribution in [0.3, 0.4) is 0 Å². The number of benzene rings is 2. The van der Waals surface area contributed by atoms with E-state index in [1.165, 1.54) is 21.7 Å². The van der Waals surface area contributed by atoms with Crippen LogP contribution in [0.5, 0.6) is 0 Å². The molecule has 3 aromatic rings. The molecule has 1 aliphatic carbocycles. The average Bonchev–Trinajstić information content (AvgIpc) is 3.65. The van der Waals surface area contributed by atoms with Gasteiger partial charge in [0, 0.05) is 32.2 Å². The number of para-hydroxylation sites is 1. The largest absolute Gasteiger partial charge is 0.347 e. The molecule has 0 radical (unpaired) electrons. The van der Waals surface area contributed by atoms with Crippen molar-refractivity contribution in [2.24, 2.45) is 7.05 Å². The van der Waals surface area contributed by atoms with Gasteiger partial charge < -0.3 is 10.2 Å². The third-order valence-electron chi connectivity index (χ3n) is 7.17. The normalized spacial score (nSPS) is 15.6. The first-order valence-electron chi connectivity index (χ1n) is 12.3. The highest BCUT2D eigenvalue weighted by molar-refractivity contribution is 7.94. The van der Waals surface area contributed by atoms with E-state index in [4.69, 9.17) is 5.26 Å². The molecule has 1 aromatic heterocycles. The highest BCUT2D eigenvalue weighted by Gasteiger charge is 2.56. The van der Waals surface area contributed by atoms with Gasteiger partial charge in [-0.05, 0) is 49.1 Å². The second kappa shape index (κ2) is 9.89. The minimum Gasteiger partial charge on any atom is -0.347 e. The SMILES string of the molecule is Cn1nc(C(=O)NCc2ccc(C#N)cc2)c2c1C(=O)N(CC1(S(=O)(=O)Nc3ccccc3C#N)CC1)CC2. The number of carbonyl (C=O) groups is 2. The Hall–Kier alpha value is -4.68. The molecule has 12 heteroatoms. The van der Waals surface area contributed by atoms with Gasteiger partial charge >= 0.3 is 0 Å². The van der Waals surface area contributed by atoms with Gasteiger partial charge in [-0.3, -0.25) is 19.0 Å². The molecule has 0 bridgehead atoms. The number of hydrogen-bond donors (Lipinski definition) is 2. The number of nitrogens with zero attached hydrogens (tertiary/aromatic N) is 5. The van der Waals surface area contributed by atoms with Crippen LogP contribution in [0.15, 0.2) is 48.5 Å². The predicted octanol–water partition coefficient (Wildman–Crippen LogP) is 2.07. The van der Waals surface area contributed by atoms with Crippen LogP contribution in [-0.2, 0) is 30.0 Å². The number of aromatic nitrogens is 2. The summed E-state index contributed by atoms with van der Waals surface area (Å²) in [6.07, 6.45) is 1.14. The molecule has 2 heterocycles. The van der Waals surface area contributed by atoms with Crippen molar-refractivity contribution in [3.63, 3.8) is 0 Å². The van der Waals surface area contributed by atoms with Gasteiger partial charge in [0.2, 0.25) is 10.0 Å². The summed E-state index contributed by atoms with van der Waals surface area (Å²) in [7, 11) is -2.31. The third kappa shape index (κ3) is 4.82. The molecule has 198 valence electrons. The van der Waals surface area contributed by atoms with E-state index in [-0.39, 0.29) is 48.2 Å². The van der Waals surface area contributed by atoms with Gasteiger partial charge in [-0.15, -0.1) is 0 Å². The summed E-state index contributed by atoms with van der Waals surface area (Å²) in [4.78, 5) is 27.9. The Bertz CT molecular complexity index is 1660. The number of rotatable bonds is 8. The fourth-order valence-electron chi connectivity index (χ4n) is 4.79. The Kier molecular flexibility index (Phi) is 6.58. The standard InChI is InChI=1S/C27H25N7O4S/c1-33-24-21(23(31-33)25(35)30-16-19-8-6-18(14-28)7-9-19)10-13-34(26(24)36)17-27(11-12-27)39(37,38)32-22-5-3-2-4-20(22)15-29/h2-9,32H,10-13,16-17H2,1H3,(H,30,35). The van der Waals surface area contributed by atoms with Crippen molar-refractivity contribution in [3.8, 4) is 12.1 Å². The zero-order valence-electron chi connectivity index (χ0n) is 21.1. The minimum atomic E-state index is -3.89. The van der Waals surface area contributed by atoms with E-state index in [9.17, 15) is 23.3 Å². The van der Waals surface area contributed by atoms with Crippen molar-refractivity contribution >= 4 is 27.5 Å². The van der Waals surface area contributed by atoms with Crippen molar-refractivity contribution in [1.82, 2.24) is 20.0 Å². The zero-order chi connectivity index (χ0) is 27.8. The number of nitriles is 2. The Labute approximate surface area is 225 Å². The van der Waals surface area contributed by atoms with Crippen LogP contribution in [0.1, 0.15) is 56.1 Å². The molecule has 2 aliphatic rings. The topological polar surface area (TPSA) is 161 Å². The summed E-state index contributed by atoms with van der Waals surface area (Å²) in [5.74, 6) is -0.796. The Morgan fingerprint density at radius 2 is 1.82 bits per heavy atom. The van der Waals surface area contributed by atoms with Crippen molar-refractivity contribution < 1.29 is 18.0 Å². The first kappa shape index (κ1) is 25.9. The van der Waals surface area contributed by atoms with Crippen molar-refractivity contribution in [2.75, 3.05) is 17.8 Å². The van der Waals surface area contributed by atoms with Gasteiger partial charge in [-0.25, -0.2) is 8.42 Å². The highest BCUT2D eigenvalue weighted by Crippen LogP contribution is 2.45. The molecule has 5 rings (SSSR count). The number of nitrogens with one attached hydrogen (secondary N) is 2. The molecular weight excluding hydrogens is 518 g/mol. The maximum absolute atomic E-state index is 13.5. The molecular formula is C27H25N7O4S. The number of anilines is 1. The fraction of sp³-hybridized carbons (Fsp3) is 0.296. The van der Waals surface area contributed by atoms with E-state index in [0.717, 1.165) is 5.56 Å². The first-order valence-corrected chi connectivity index (χ1v) is 13.8. The summed E-state index contributed by atoms with van der Waals surface area (Å²) in [5, 5.41) is 25.4. The lowest BCUT2D eigenvalue weighted by Crippen LogP contribution is -2.47. The number of hydrogen-bond acceptors (Lipinski definition) is 7. The van der Waals surface area contributed by atoms with Crippen LogP contribution in [0.2, 0.25) is 0 Å². The molecule has 1 saturated carbocycles. The molecule has 2 N–H and O–H groups in total. The number of fused-ring (bicyclic) bond motifs is 1. The molecule has 2 aromatic carbocycles. The van der Waals surface area contributed by atoms with Crippen molar-refractivity contribution in [2.45, 2.75) is 30.6 Å². The lowest BCUT2D eigenvalue weighted by Gasteiger charge is -2.31. The van der Waals surface area contributed by atoms with Gasteiger partial charge in [-0.2, -0.15) is 15.6 Å². The molecule has 0 unspecified atom stereocenters. The van der Waals surface area contributed by atoms with Crippen LogP contribution < -0.4 is 10.0 Å². The van der Waals surface area contributed by atoms with E-state index >= 15 is 0 Å². The van der Waals surface area contributed by atoms with Crippen LogP contribution in [0.4, 0.5) is 5.69 Å². The van der Waals surface area contributed by atoms with Gasteiger partial charge in [0.15, 0.2) is 5.69 Å². The molecule has 2 amide bonds. The van der Waals surface area contributed by atoms with Crippen LogP contribution in [0, 0.1) is 22.7 Å². The second-order valence-electron chi connectivity index (χ2n) is 9.71. The minimum absolute atomic E-state index is 0.000724. The molecule has 1 fully saturated rings. The monoisotopic (exact) mass is 543 g/mol. The number of sulfonamides is 1. The Morgan fingerprint density at radius 3 is 2.49 bits per heavy atom. The first-order chi connectivity index (χ1) is 18.7. The predicted molar refractivity (Wildman–Crippen MR) is 141 cm³/mol. The van der Waals surface area contributed by atoms with Crippen molar-refractivity contribution in [3.05, 3.63) is 82.2 Å². The maximum atomic E-state index is 13.5. The summed E-state index contributed by atoms with van der Waals surface area (Å²) < 4.78 is 29.4. The quantitative estimate of drug-likeness (QED) is 0.440. The summed E-state index contributed by atoms with van der Waals surface area (Å²) in [6, 6.07) is 17.2. The van der Waals surface area contributed by atoms with Gasteiger partial charge in [0.05, 0.1) is 22.9 Å². The Morgan fingerprint density at radius 1 is 1.10 bits per heavy atom. The van der Waals surface area contributed by atoms with E-state index in [1.54, 1.807) is 43.4 Å². The highest BCUT2D eigenvalue weighted by atomic mass is 32.2. The van der Waals surface area contributed by atoms with E-state index in [1.807, 2.05) is 12.1 Å². The summed E-state index contributed by atoms with van der Waals surface area (Å²) in [5.41, 5.74) is 2.73. The van der Waals surface area contributed by atoms with E-state index in [2.05, 4.69) is 15.1 Å². The lowest BCUT2D eigenvalue weighted by atomic mass is 10.0. The van der Waals surface area contributed by atoms with Gasteiger partial charge in [-0.1, -0.05) is 24.3 Å². The molecule has 0 atom stereocenters. The lowest BCUT2D eigenvalue weighted by molar-refractivity contribution is 0.0724. The third-order valence-corrected chi connectivity index (χ3v) is 9.33. The Balaban J connectivity index is 1.30. The number of aryl methyl sites for hydroxylation is 1. The van der Waals surface area contributed by atoms with Crippen LogP contribution in [-0.4, -0.2) is 52.7 Å². The second-order valence-corrected chi connectivity index (χ2v) is 11.8. The summed E-state index contributed by atoms with van der Waals surface area (Å²) >= 11 is 0. The zero-order valence-corrected chi connectivity index (χ0v) is 22.0. The molecule has 1 aliphatic heterocycles. The van der Waals surface area contributed by atoms with E-state index in [0.29, 0.717) is 30.4 Å². The van der Waals surface area contributed by atoms with Gasteiger partial charge in [0.25, 0.3) is 11.8 Å². The smallest absolute Gasteiger partial charge is 0.272 e. The average molecular weight is 544 g/mol. The van der Waals surface area contributed by atoms with E-state index < -0.39 is 20.7 Å². The van der Waals surface area contributed by atoms with Gasteiger partial charge in [0.1, 0.15) is 16.5 Å². The van der Waals surface area contributed by atoms with Crippen LogP contribution in [0.25, 0.3) is 0 Å². The van der Waals surface area contributed by atoms with Crippen LogP contribution >= 0.6 is 0 Å². The number of amides is 2. The molecule has 0 saturated heterocycles. The molecule has 39 heavy (non-hydrogen) atoms. The fourth-order valence-corrected chi connectivity index (χ4v) is 6.44. The maximum Gasteiger partial charge on any atom is 0.272 e. The summed E-state index contributed by atoms with van der Waals surface area (Å²) in [6.45, 7) is 0.485. The molecule has 0 spiro atoms.